The zero-order chi connectivity index (χ0) is 15.8. The molecule has 0 amide bonds. The Morgan fingerprint density at radius 1 is 1.30 bits per heavy atom. The van der Waals surface area contributed by atoms with E-state index < -0.39 is 0 Å². The minimum absolute atomic E-state index is 0.0784. The number of fused-ring (bicyclic) bond motifs is 2. The molecular formula is C17H16N4O2. The second-order valence-corrected chi connectivity index (χ2v) is 5.80. The maximum absolute atomic E-state index is 11.4. The number of hydrogen-bond acceptors (Lipinski definition) is 5. The first-order valence-electron chi connectivity index (χ1n) is 7.64. The maximum Gasteiger partial charge on any atom is 0.273 e. The summed E-state index contributed by atoms with van der Waals surface area (Å²) in [7, 11) is 0. The van der Waals surface area contributed by atoms with Gasteiger partial charge in [-0.15, -0.1) is 0 Å². The summed E-state index contributed by atoms with van der Waals surface area (Å²) in [4.78, 5) is 24.0. The predicted molar refractivity (Wildman–Crippen MR) is 84.7 cm³/mol. The fourth-order valence-corrected chi connectivity index (χ4v) is 2.87. The van der Waals surface area contributed by atoms with Gasteiger partial charge in [-0.1, -0.05) is 0 Å². The van der Waals surface area contributed by atoms with Gasteiger partial charge in [0, 0.05) is 36.6 Å². The van der Waals surface area contributed by atoms with Gasteiger partial charge in [-0.05, 0) is 37.5 Å². The van der Waals surface area contributed by atoms with E-state index in [2.05, 4.69) is 15.0 Å². The molecule has 0 spiro atoms. The normalized spacial score (nSPS) is 16.8. The van der Waals surface area contributed by atoms with Crippen LogP contribution in [0.5, 0.6) is 5.88 Å². The molecule has 3 aromatic heterocycles. The highest BCUT2D eigenvalue weighted by molar-refractivity contribution is 5.41. The SMILES string of the molecule is Cc1ncc2c(n1)OC(Cc1ccn3ccc(=O)nc3c1)CC2. The van der Waals surface area contributed by atoms with Gasteiger partial charge in [0.2, 0.25) is 5.88 Å². The molecule has 3 aromatic rings. The van der Waals surface area contributed by atoms with E-state index >= 15 is 0 Å². The highest BCUT2D eigenvalue weighted by atomic mass is 16.5. The summed E-state index contributed by atoms with van der Waals surface area (Å²) < 4.78 is 7.84. The van der Waals surface area contributed by atoms with Crippen molar-refractivity contribution in [1.82, 2.24) is 19.4 Å². The minimum atomic E-state index is -0.225. The van der Waals surface area contributed by atoms with Crippen molar-refractivity contribution in [3.8, 4) is 5.88 Å². The lowest BCUT2D eigenvalue weighted by atomic mass is 10.0. The molecule has 1 aliphatic rings. The molecule has 6 heteroatoms. The molecule has 6 nitrogen and oxygen atoms in total. The van der Waals surface area contributed by atoms with Gasteiger partial charge in [0.1, 0.15) is 17.6 Å². The van der Waals surface area contributed by atoms with Gasteiger partial charge in [-0.3, -0.25) is 4.79 Å². The van der Waals surface area contributed by atoms with Gasteiger partial charge in [-0.25, -0.2) is 4.98 Å². The third kappa shape index (κ3) is 2.79. The number of pyridine rings is 1. The summed E-state index contributed by atoms with van der Waals surface area (Å²) in [5, 5.41) is 0. The molecule has 116 valence electrons. The zero-order valence-corrected chi connectivity index (χ0v) is 12.8. The van der Waals surface area contributed by atoms with Gasteiger partial charge in [0.05, 0.1) is 0 Å². The molecule has 1 unspecified atom stereocenters. The molecule has 0 N–H and O–H groups in total. The van der Waals surface area contributed by atoms with Crippen molar-refractivity contribution in [2.24, 2.45) is 0 Å². The van der Waals surface area contributed by atoms with Gasteiger partial charge >= 0.3 is 0 Å². The van der Waals surface area contributed by atoms with E-state index in [4.69, 9.17) is 4.74 Å². The van der Waals surface area contributed by atoms with Crippen LogP contribution in [0.4, 0.5) is 0 Å². The lowest BCUT2D eigenvalue weighted by molar-refractivity contribution is 0.164. The quantitative estimate of drug-likeness (QED) is 0.721. The first-order chi connectivity index (χ1) is 11.2. The van der Waals surface area contributed by atoms with Crippen molar-refractivity contribution in [2.45, 2.75) is 32.3 Å². The van der Waals surface area contributed by atoms with Crippen molar-refractivity contribution in [3.63, 3.8) is 0 Å². The highest BCUT2D eigenvalue weighted by Crippen LogP contribution is 2.26. The average Bonchev–Trinajstić information content (AvgIpc) is 2.54. The number of hydrogen-bond donors (Lipinski definition) is 0. The van der Waals surface area contributed by atoms with Gasteiger partial charge in [0.25, 0.3) is 5.56 Å². The lowest BCUT2D eigenvalue weighted by Crippen LogP contribution is -2.26. The molecular weight excluding hydrogens is 292 g/mol. The van der Waals surface area contributed by atoms with Crippen LogP contribution in [0.1, 0.15) is 23.4 Å². The zero-order valence-electron chi connectivity index (χ0n) is 12.8. The van der Waals surface area contributed by atoms with Crippen molar-refractivity contribution in [1.29, 1.82) is 0 Å². The van der Waals surface area contributed by atoms with E-state index in [1.807, 2.05) is 35.9 Å². The Balaban J connectivity index is 1.58. The second kappa shape index (κ2) is 5.46. The molecule has 0 aliphatic carbocycles. The van der Waals surface area contributed by atoms with Crippen LogP contribution < -0.4 is 10.3 Å². The van der Waals surface area contributed by atoms with E-state index in [1.54, 1.807) is 6.20 Å². The Hall–Kier alpha value is -2.76. The number of rotatable bonds is 2. The summed E-state index contributed by atoms with van der Waals surface area (Å²) in [6, 6.07) is 5.42. The van der Waals surface area contributed by atoms with E-state index in [-0.39, 0.29) is 11.7 Å². The van der Waals surface area contributed by atoms with Crippen molar-refractivity contribution < 1.29 is 4.74 Å². The van der Waals surface area contributed by atoms with Crippen LogP contribution in [0, 0.1) is 6.92 Å². The summed E-state index contributed by atoms with van der Waals surface area (Å²) in [5.74, 6) is 1.42. The minimum Gasteiger partial charge on any atom is -0.474 e. The molecule has 1 aliphatic heterocycles. The summed E-state index contributed by atoms with van der Waals surface area (Å²) in [6.07, 6.45) is 8.19. The third-order valence-corrected chi connectivity index (χ3v) is 4.05. The Bertz CT molecular complexity index is 935. The van der Waals surface area contributed by atoms with E-state index in [0.717, 1.165) is 36.2 Å². The van der Waals surface area contributed by atoms with Crippen LogP contribution in [-0.2, 0) is 12.8 Å². The maximum atomic E-state index is 11.4. The summed E-state index contributed by atoms with van der Waals surface area (Å²) in [6.45, 7) is 1.86. The number of ether oxygens (including phenoxy) is 1. The van der Waals surface area contributed by atoms with E-state index in [0.29, 0.717) is 11.5 Å². The first-order valence-corrected chi connectivity index (χ1v) is 7.64. The van der Waals surface area contributed by atoms with Crippen LogP contribution in [0.15, 0.2) is 41.6 Å². The molecule has 23 heavy (non-hydrogen) atoms. The smallest absolute Gasteiger partial charge is 0.273 e. The molecule has 0 bridgehead atoms. The van der Waals surface area contributed by atoms with Gasteiger partial charge in [0.15, 0.2) is 0 Å². The van der Waals surface area contributed by atoms with Crippen LogP contribution in [0.3, 0.4) is 0 Å². The van der Waals surface area contributed by atoms with Crippen LogP contribution in [0.2, 0.25) is 0 Å². The molecule has 0 saturated heterocycles. The largest absolute Gasteiger partial charge is 0.474 e. The Kier molecular flexibility index (Phi) is 3.29. The van der Waals surface area contributed by atoms with Crippen LogP contribution in [-0.4, -0.2) is 25.5 Å². The monoisotopic (exact) mass is 308 g/mol. The fourth-order valence-electron chi connectivity index (χ4n) is 2.87. The topological polar surface area (TPSA) is 69.4 Å². The molecule has 1 atom stereocenters. The van der Waals surface area contributed by atoms with E-state index in [1.165, 1.54) is 6.07 Å². The molecule has 4 heterocycles. The first kappa shape index (κ1) is 13.9. The van der Waals surface area contributed by atoms with Crippen molar-refractivity contribution in [2.75, 3.05) is 0 Å². The Labute approximate surface area is 132 Å². The molecule has 0 radical (unpaired) electrons. The molecule has 0 aromatic carbocycles. The molecule has 0 saturated carbocycles. The third-order valence-electron chi connectivity index (χ3n) is 4.05. The molecule has 0 fully saturated rings. The Morgan fingerprint density at radius 3 is 3.09 bits per heavy atom. The number of aryl methyl sites for hydroxylation is 2. The number of nitrogens with zero attached hydrogens (tertiary/aromatic N) is 4. The highest BCUT2D eigenvalue weighted by Gasteiger charge is 2.21. The van der Waals surface area contributed by atoms with Crippen molar-refractivity contribution >= 4 is 5.65 Å². The summed E-state index contributed by atoms with van der Waals surface area (Å²) in [5.41, 5.74) is 2.60. The standard InChI is InChI=1S/C17H16N4O2/c1-11-18-10-13-2-3-14(23-17(13)19-11)8-12-4-6-21-7-5-16(22)20-15(21)9-12/h4-7,9-10,14H,2-3,8H2,1H3. The average molecular weight is 308 g/mol. The van der Waals surface area contributed by atoms with Gasteiger partial charge in [-0.2, -0.15) is 9.97 Å². The van der Waals surface area contributed by atoms with E-state index in [9.17, 15) is 4.79 Å². The van der Waals surface area contributed by atoms with Gasteiger partial charge < -0.3 is 9.14 Å². The lowest BCUT2D eigenvalue weighted by Gasteiger charge is -2.25. The fraction of sp³-hybridized carbons (Fsp3) is 0.294. The van der Waals surface area contributed by atoms with Crippen molar-refractivity contribution in [3.05, 3.63) is 64.1 Å². The predicted octanol–water partition coefficient (Wildman–Crippen LogP) is 1.73. The van der Waals surface area contributed by atoms with Crippen LogP contribution in [0.25, 0.3) is 5.65 Å². The number of aromatic nitrogens is 4. The second-order valence-electron chi connectivity index (χ2n) is 5.80. The Morgan fingerprint density at radius 2 is 2.17 bits per heavy atom. The molecule has 4 rings (SSSR count). The van der Waals surface area contributed by atoms with Crippen LogP contribution >= 0.6 is 0 Å². The summed E-state index contributed by atoms with van der Waals surface area (Å²) >= 11 is 0.